The van der Waals surface area contributed by atoms with Crippen molar-refractivity contribution in [3.8, 4) is 0 Å². The van der Waals surface area contributed by atoms with Gasteiger partial charge in [-0.25, -0.2) is 4.79 Å². The highest BCUT2D eigenvalue weighted by molar-refractivity contribution is 9.11. The van der Waals surface area contributed by atoms with Crippen LogP contribution < -0.4 is 10.6 Å². The van der Waals surface area contributed by atoms with Gasteiger partial charge in [0.2, 0.25) is 0 Å². The highest BCUT2D eigenvalue weighted by Gasteiger charge is 2.38. The van der Waals surface area contributed by atoms with E-state index in [-0.39, 0.29) is 18.3 Å². The van der Waals surface area contributed by atoms with E-state index in [1.165, 1.54) is 0 Å². The number of carbonyl (C=O) groups is 1. The first-order valence-electron chi connectivity index (χ1n) is 6.25. The molecule has 0 spiro atoms. The van der Waals surface area contributed by atoms with Crippen molar-refractivity contribution in [3.05, 3.63) is 10.8 Å². The SMILES string of the molecule is CC(C)(C)OC(=O)N1CCCC1C1NC=C(Br)N1. The molecule has 0 saturated carbocycles. The van der Waals surface area contributed by atoms with Gasteiger partial charge in [0.05, 0.1) is 10.6 Å². The van der Waals surface area contributed by atoms with Crippen LogP contribution in [0.5, 0.6) is 0 Å². The molecule has 2 heterocycles. The van der Waals surface area contributed by atoms with E-state index in [1.54, 1.807) is 0 Å². The van der Waals surface area contributed by atoms with Crippen LogP contribution in [-0.2, 0) is 4.74 Å². The van der Waals surface area contributed by atoms with E-state index in [4.69, 9.17) is 4.74 Å². The van der Waals surface area contributed by atoms with Gasteiger partial charge in [-0.2, -0.15) is 0 Å². The van der Waals surface area contributed by atoms with Crippen LogP contribution in [0.1, 0.15) is 33.6 Å². The quantitative estimate of drug-likeness (QED) is 0.727. The number of likely N-dealkylation sites (tertiary alicyclic amines) is 1. The zero-order valence-corrected chi connectivity index (χ0v) is 12.6. The topological polar surface area (TPSA) is 53.6 Å². The van der Waals surface area contributed by atoms with Crippen LogP contribution in [-0.4, -0.2) is 35.3 Å². The molecule has 6 heteroatoms. The fourth-order valence-corrected chi connectivity index (χ4v) is 2.67. The van der Waals surface area contributed by atoms with E-state index in [9.17, 15) is 4.79 Å². The molecule has 0 aromatic heterocycles. The average Bonchev–Trinajstić information content (AvgIpc) is 2.81. The maximum atomic E-state index is 12.1. The summed E-state index contributed by atoms with van der Waals surface area (Å²) >= 11 is 3.38. The summed E-state index contributed by atoms with van der Waals surface area (Å²) in [5, 5.41) is 6.49. The lowest BCUT2D eigenvalue weighted by atomic mass is 10.1. The molecule has 2 aliphatic heterocycles. The molecule has 102 valence electrons. The van der Waals surface area contributed by atoms with Crippen LogP contribution in [0.4, 0.5) is 4.79 Å². The number of rotatable bonds is 1. The number of amides is 1. The molecule has 0 radical (unpaired) electrons. The lowest BCUT2D eigenvalue weighted by Gasteiger charge is -2.31. The predicted octanol–water partition coefficient (Wildman–Crippen LogP) is 2.10. The Balaban J connectivity index is 1.97. The van der Waals surface area contributed by atoms with Gasteiger partial charge in [-0.05, 0) is 49.5 Å². The molecule has 0 aromatic rings. The van der Waals surface area contributed by atoms with Crippen LogP contribution in [0.3, 0.4) is 0 Å². The summed E-state index contributed by atoms with van der Waals surface area (Å²) in [5.41, 5.74) is -0.445. The van der Waals surface area contributed by atoms with Gasteiger partial charge < -0.3 is 20.3 Å². The molecule has 0 aromatic carbocycles. The minimum Gasteiger partial charge on any atom is -0.444 e. The Morgan fingerprint density at radius 3 is 2.83 bits per heavy atom. The maximum Gasteiger partial charge on any atom is 0.410 e. The Morgan fingerprint density at radius 2 is 2.28 bits per heavy atom. The summed E-state index contributed by atoms with van der Waals surface area (Å²) in [7, 11) is 0. The number of nitrogens with one attached hydrogen (secondary N) is 2. The first-order valence-corrected chi connectivity index (χ1v) is 7.04. The molecule has 2 N–H and O–H groups in total. The number of hydrogen-bond acceptors (Lipinski definition) is 4. The minimum absolute atomic E-state index is 0.0643. The normalized spacial score (nSPS) is 27.6. The monoisotopic (exact) mass is 317 g/mol. The van der Waals surface area contributed by atoms with E-state index in [1.807, 2.05) is 31.9 Å². The number of carbonyl (C=O) groups excluding carboxylic acids is 1. The molecule has 1 fully saturated rings. The van der Waals surface area contributed by atoms with Gasteiger partial charge in [-0.15, -0.1) is 0 Å². The fourth-order valence-electron chi connectivity index (χ4n) is 2.29. The second-order valence-corrected chi connectivity index (χ2v) is 6.52. The largest absolute Gasteiger partial charge is 0.444 e. The zero-order valence-electron chi connectivity index (χ0n) is 11.0. The van der Waals surface area contributed by atoms with Gasteiger partial charge in [0, 0.05) is 12.7 Å². The Morgan fingerprint density at radius 1 is 1.56 bits per heavy atom. The standard InChI is InChI=1S/C12H20BrN3O2/c1-12(2,3)18-11(17)16-6-4-5-8(16)10-14-7-9(13)15-10/h7-8,10,14-15H,4-6H2,1-3H3. The van der Waals surface area contributed by atoms with Crippen LogP contribution in [0.25, 0.3) is 0 Å². The third-order valence-corrected chi connectivity index (χ3v) is 3.45. The summed E-state index contributed by atoms with van der Waals surface area (Å²) in [6, 6.07) is 0.131. The van der Waals surface area contributed by atoms with Gasteiger partial charge in [0.15, 0.2) is 0 Å². The summed E-state index contributed by atoms with van der Waals surface area (Å²) in [6.45, 7) is 6.43. The Kier molecular flexibility index (Phi) is 3.75. The second-order valence-electron chi connectivity index (χ2n) is 5.66. The molecule has 2 aliphatic rings. The molecule has 2 rings (SSSR count). The van der Waals surface area contributed by atoms with Gasteiger partial charge in [-0.1, -0.05) is 0 Å². The third kappa shape index (κ3) is 3.10. The van der Waals surface area contributed by atoms with Crippen LogP contribution in [0, 0.1) is 0 Å². The molecule has 2 atom stereocenters. The molecular formula is C12H20BrN3O2. The van der Waals surface area contributed by atoms with Gasteiger partial charge >= 0.3 is 6.09 Å². The van der Waals surface area contributed by atoms with Crippen molar-refractivity contribution in [2.75, 3.05) is 6.54 Å². The zero-order chi connectivity index (χ0) is 13.3. The first-order chi connectivity index (χ1) is 8.37. The van der Waals surface area contributed by atoms with Crippen molar-refractivity contribution in [2.45, 2.75) is 51.4 Å². The van der Waals surface area contributed by atoms with E-state index in [0.717, 1.165) is 24.0 Å². The van der Waals surface area contributed by atoms with Gasteiger partial charge in [0.25, 0.3) is 0 Å². The van der Waals surface area contributed by atoms with Crippen molar-refractivity contribution in [1.29, 1.82) is 0 Å². The third-order valence-electron chi connectivity index (χ3n) is 3.00. The van der Waals surface area contributed by atoms with E-state index in [2.05, 4.69) is 26.6 Å². The number of halogens is 1. The molecule has 0 bridgehead atoms. The van der Waals surface area contributed by atoms with Crippen molar-refractivity contribution in [2.24, 2.45) is 0 Å². The van der Waals surface area contributed by atoms with Crippen LogP contribution in [0.15, 0.2) is 10.8 Å². The molecule has 18 heavy (non-hydrogen) atoms. The van der Waals surface area contributed by atoms with Crippen LogP contribution in [0.2, 0.25) is 0 Å². The molecular weight excluding hydrogens is 298 g/mol. The number of nitrogens with zero attached hydrogens (tertiary/aromatic N) is 1. The maximum absolute atomic E-state index is 12.1. The van der Waals surface area contributed by atoms with E-state index >= 15 is 0 Å². The smallest absolute Gasteiger partial charge is 0.410 e. The summed E-state index contributed by atoms with van der Waals surface area (Å²) < 4.78 is 6.36. The van der Waals surface area contributed by atoms with E-state index < -0.39 is 5.60 Å². The van der Waals surface area contributed by atoms with E-state index in [0.29, 0.717) is 0 Å². The Hall–Kier alpha value is -0.910. The first kappa shape index (κ1) is 13.5. The van der Waals surface area contributed by atoms with Gasteiger partial charge in [0.1, 0.15) is 11.8 Å². The molecule has 5 nitrogen and oxygen atoms in total. The van der Waals surface area contributed by atoms with Crippen molar-refractivity contribution in [3.63, 3.8) is 0 Å². The molecule has 1 saturated heterocycles. The lowest BCUT2D eigenvalue weighted by Crippen LogP contribution is -2.52. The van der Waals surface area contributed by atoms with Crippen molar-refractivity contribution < 1.29 is 9.53 Å². The number of ether oxygens (including phenoxy) is 1. The highest BCUT2D eigenvalue weighted by atomic mass is 79.9. The Labute approximate surface area is 116 Å². The summed E-state index contributed by atoms with van der Waals surface area (Å²) in [6.07, 6.45) is 3.71. The highest BCUT2D eigenvalue weighted by Crippen LogP contribution is 2.24. The van der Waals surface area contributed by atoms with Crippen LogP contribution >= 0.6 is 15.9 Å². The minimum atomic E-state index is -0.445. The molecule has 2 unspecified atom stereocenters. The molecule has 0 aliphatic carbocycles. The predicted molar refractivity (Wildman–Crippen MR) is 73.0 cm³/mol. The van der Waals surface area contributed by atoms with Crippen molar-refractivity contribution in [1.82, 2.24) is 15.5 Å². The van der Waals surface area contributed by atoms with Gasteiger partial charge in [-0.3, -0.25) is 0 Å². The summed E-state index contributed by atoms with van der Waals surface area (Å²) in [4.78, 5) is 13.9. The second kappa shape index (κ2) is 4.99. The fraction of sp³-hybridized carbons (Fsp3) is 0.750. The average molecular weight is 318 g/mol. The lowest BCUT2D eigenvalue weighted by molar-refractivity contribution is 0.0196. The number of hydrogen-bond donors (Lipinski definition) is 2. The summed E-state index contributed by atoms with van der Waals surface area (Å²) in [5.74, 6) is 0. The Bertz CT molecular complexity index is 365. The molecule has 1 amide bonds. The van der Waals surface area contributed by atoms with Crippen molar-refractivity contribution >= 4 is 22.0 Å².